The van der Waals surface area contributed by atoms with Crippen LogP contribution >= 0.6 is 0 Å². The molecule has 8 heteroatoms. The van der Waals surface area contributed by atoms with Crippen molar-refractivity contribution in [1.82, 2.24) is 29.9 Å². The number of amides is 1. The quantitative estimate of drug-likeness (QED) is 0.851. The minimum Gasteiger partial charge on any atom is -0.348 e. The molecule has 0 bridgehead atoms. The molecule has 1 aliphatic carbocycles. The molecule has 124 valence electrons. The Morgan fingerprint density at radius 3 is 2.83 bits per heavy atom. The summed E-state index contributed by atoms with van der Waals surface area (Å²) in [6.45, 7) is 0. The maximum absolute atomic E-state index is 12.2. The zero-order valence-corrected chi connectivity index (χ0v) is 13.5. The lowest BCUT2D eigenvalue weighted by atomic mass is 9.82. The van der Waals surface area contributed by atoms with Gasteiger partial charge >= 0.3 is 5.69 Å². The van der Waals surface area contributed by atoms with Gasteiger partial charge in [0, 0.05) is 32.8 Å². The van der Waals surface area contributed by atoms with Gasteiger partial charge in [-0.25, -0.2) is 9.48 Å². The van der Waals surface area contributed by atoms with Crippen LogP contribution in [-0.2, 0) is 20.5 Å². The van der Waals surface area contributed by atoms with Gasteiger partial charge < -0.3 is 5.32 Å². The molecule has 2 aromatic rings. The minimum absolute atomic E-state index is 0.0941. The third-order valence-electron chi connectivity index (χ3n) is 4.63. The Hall–Kier alpha value is -2.38. The van der Waals surface area contributed by atoms with Gasteiger partial charge in [0.05, 0.1) is 0 Å². The average Bonchev–Trinajstić information content (AvgIpc) is 3.15. The Balaban J connectivity index is 1.72. The number of carbonyl (C=O) groups excluding carboxylic acids is 1. The molecular weight excluding hydrogens is 296 g/mol. The molecule has 3 rings (SSSR count). The molecule has 0 spiro atoms. The van der Waals surface area contributed by atoms with E-state index >= 15 is 0 Å². The molecule has 0 aromatic carbocycles. The van der Waals surface area contributed by atoms with E-state index in [2.05, 4.69) is 20.6 Å². The highest BCUT2D eigenvalue weighted by Gasteiger charge is 2.28. The maximum Gasteiger partial charge on any atom is 0.345 e. The van der Waals surface area contributed by atoms with E-state index in [-0.39, 0.29) is 23.6 Å². The van der Waals surface area contributed by atoms with Gasteiger partial charge in [0.25, 0.3) is 5.91 Å². The molecule has 23 heavy (non-hydrogen) atoms. The van der Waals surface area contributed by atoms with Gasteiger partial charge in [0.15, 0.2) is 0 Å². The second-order valence-corrected chi connectivity index (χ2v) is 6.18. The van der Waals surface area contributed by atoms with Crippen LogP contribution in [0.15, 0.2) is 17.1 Å². The SMILES string of the molecule is Cn1nc(C[C@H]2CCCC[C@H]2NC(=O)c2ccn[nH]2)n(C)c1=O. The lowest BCUT2D eigenvalue weighted by molar-refractivity contribution is 0.0899. The fraction of sp³-hybridized carbons (Fsp3) is 0.600. The number of hydrogen-bond donors (Lipinski definition) is 2. The first-order valence-corrected chi connectivity index (χ1v) is 7.95. The van der Waals surface area contributed by atoms with Crippen molar-refractivity contribution in [3.63, 3.8) is 0 Å². The van der Waals surface area contributed by atoms with Gasteiger partial charge in [-0.3, -0.25) is 14.5 Å². The van der Waals surface area contributed by atoms with Crippen molar-refractivity contribution in [2.75, 3.05) is 0 Å². The molecule has 1 fully saturated rings. The molecule has 0 saturated heterocycles. The molecule has 1 aliphatic rings. The van der Waals surface area contributed by atoms with Crippen molar-refractivity contribution in [2.24, 2.45) is 20.0 Å². The molecule has 1 saturated carbocycles. The predicted octanol–water partition coefficient (Wildman–Crippen LogP) is 0.373. The molecule has 0 unspecified atom stereocenters. The van der Waals surface area contributed by atoms with Crippen LogP contribution < -0.4 is 11.0 Å². The number of rotatable bonds is 4. The smallest absolute Gasteiger partial charge is 0.345 e. The highest BCUT2D eigenvalue weighted by Crippen LogP contribution is 2.27. The second-order valence-electron chi connectivity index (χ2n) is 6.18. The Labute approximate surface area is 133 Å². The number of nitrogens with zero attached hydrogens (tertiary/aromatic N) is 4. The summed E-state index contributed by atoms with van der Waals surface area (Å²) in [5.41, 5.74) is 0.355. The van der Waals surface area contributed by atoms with Crippen LogP contribution in [0, 0.1) is 5.92 Å². The first-order valence-electron chi connectivity index (χ1n) is 7.95. The molecule has 2 aromatic heterocycles. The second kappa shape index (κ2) is 6.39. The van der Waals surface area contributed by atoms with Gasteiger partial charge in [-0.05, 0) is 24.8 Å². The van der Waals surface area contributed by atoms with Gasteiger partial charge in [-0.15, -0.1) is 0 Å². The number of H-pyrrole nitrogens is 1. The summed E-state index contributed by atoms with van der Waals surface area (Å²) >= 11 is 0. The number of aryl methyl sites for hydroxylation is 1. The summed E-state index contributed by atoms with van der Waals surface area (Å²) in [4.78, 5) is 24.1. The van der Waals surface area contributed by atoms with Crippen molar-refractivity contribution < 1.29 is 4.79 Å². The van der Waals surface area contributed by atoms with Crippen molar-refractivity contribution in [3.8, 4) is 0 Å². The summed E-state index contributed by atoms with van der Waals surface area (Å²) in [6, 6.07) is 1.76. The molecular formula is C15H22N6O2. The number of nitrogens with one attached hydrogen (secondary N) is 2. The molecule has 0 aliphatic heterocycles. The molecule has 8 nitrogen and oxygen atoms in total. The van der Waals surface area contributed by atoms with Gasteiger partial charge in [0.2, 0.25) is 0 Å². The van der Waals surface area contributed by atoms with Crippen LogP contribution in [0.25, 0.3) is 0 Å². The fourth-order valence-corrected chi connectivity index (χ4v) is 3.29. The van der Waals surface area contributed by atoms with E-state index in [1.807, 2.05) is 0 Å². The summed E-state index contributed by atoms with van der Waals surface area (Å²) in [5.74, 6) is 0.927. The Morgan fingerprint density at radius 2 is 2.17 bits per heavy atom. The van der Waals surface area contributed by atoms with Crippen molar-refractivity contribution in [2.45, 2.75) is 38.1 Å². The van der Waals surface area contributed by atoms with E-state index in [0.717, 1.165) is 31.5 Å². The Bertz CT molecular complexity index is 730. The third kappa shape index (κ3) is 3.20. The van der Waals surface area contributed by atoms with Gasteiger partial charge in [0.1, 0.15) is 11.5 Å². The summed E-state index contributed by atoms with van der Waals surface area (Å²) < 4.78 is 2.94. The highest BCUT2D eigenvalue weighted by molar-refractivity contribution is 5.92. The zero-order valence-electron chi connectivity index (χ0n) is 13.5. The summed E-state index contributed by atoms with van der Waals surface area (Å²) in [7, 11) is 3.40. The highest BCUT2D eigenvalue weighted by atomic mass is 16.2. The largest absolute Gasteiger partial charge is 0.348 e. The van der Waals surface area contributed by atoms with E-state index < -0.39 is 0 Å². The van der Waals surface area contributed by atoms with Gasteiger partial charge in [-0.2, -0.15) is 10.2 Å². The summed E-state index contributed by atoms with van der Waals surface area (Å²) in [5, 5.41) is 13.9. The lowest BCUT2D eigenvalue weighted by Crippen LogP contribution is -2.43. The zero-order chi connectivity index (χ0) is 16.4. The predicted molar refractivity (Wildman–Crippen MR) is 84.0 cm³/mol. The van der Waals surface area contributed by atoms with Crippen LogP contribution in [0.1, 0.15) is 42.0 Å². The van der Waals surface area contributed by atoms with Crippen LogP contribution in [0.3, 0.4) is 0 Å². The molecule has 2 N–H and O–H groups in total. The lowest BCUT2D eigenvalue weighted by Gasteiger charge is -2.31. The Morgan fingerprint density at radius 1 is 1.39 bits per heavy atom. The van der Waals surface area contributed by atoms with Crippen molar-refractivity contribution in [1.29, 1.82) is 0 Å². The van der Waals surface area contributed by atoms with Crippen molar-refractivity contribution in [3.05, 3.63) is 34.3 Å². The number of aromatic amines is 1. The van der Waals surface area contributed by atoms with E-state index in [1.165, 1.54) is 4.68 Å². The van der Waals surface area contributed by atoms with E-state index in [0.29, 0.717) is 12.1 Å². The maximum atomic E-state index is 12.2. The number of carbonyl (C=O) groups is 1. The molecule has 1 amide bonds. The first-order chi connectivity index (χ1) is 11.1. The van der Waals surface area contributed by atoms with E-state index in [4.69, 9.17) is 0 Å². The van der Waals surface area contributed by atoms with Gasteiger partial charge in [-0.1, -0.05) is 12.8 Å². The molecule has 2 atom stereocenters. The average molecular weight is 318 g/mol. The number of hydrogen-bond acceptors (Lipinski definition) is 4. The van der Waals surface area contributed by atoms with E-state index in [1.54, 1.807) is 30.9 Å². The van der Waals surface area contributed by atoms with Crippen LogP contribution in [0.4, 0.5) is 0 Å². The van der Waals surface area contributed by atoms with Crippen LogP contribution in [0.5, 0.6) is 0 Å². The normalized spacial score (nSPS) is 21.3. The van der Waals surface area contributed by atoms with Crippen molar-refractivity contribution >= 4 is 5.91 Å². The standard InChI is InChI=1S/C15H22N6O2/c1-20-13(19-21(2)15(20)23)9-10-5-3-4-6-11(10)17-14(22)12-7-8-16-18-12/h7-8,10-11H,3-6,9H2,1-2H3,(H,16,18)(H,17,22)/t10-,11-/m1/s1. The number of aromatic nitrogens is 5. The molecule has 0 radical (unpaired) electrons. The topological polar surface area (TPSA) is 97.6 Å². The third-order valence-corrected chi connectivity index (χ3v) is 4.63. The fourth-order valence-electron chi connectivity index (χ4n) is 3.29. The summed E-state index contributed by atoms with van der Waals surface area (Å²) in [6.07, 6.45) is 6.48. The monoisotopic (exact) mass is 318 g/mol. The van der Waals surface area contributed by atoms with E-state index in [9.17, 15) is 9.59 Å². The Kier molecular flexibility index (Phi) is 4.31. The molecule has 2 heterocycles. The first kappa shape index (κ1) is 15.5. The van der Waals surface area contributed by atoms with Crippen LogP contribution in [-0.4, -0.2) is 36.5 Å². The van der Waals surface area contributed by atoms with Crippen LogP contribution in [0.2, 0.25) is 0 Å². The minimum atomic E-state index is -0.130.